The van der Waals surface area contributed by atoms with Gasteiger partial charge in [-0.05, 0) is 31.9 Å². The molecule has 0 unspecified atom stereocenters. The van der Waals surface area contributed by atoms with Crippen LogP contribution in [-0.4, -0.2) is 25.0 Å². The highest BCUT2D eigenvalue weighted by molar-refractivity contribution is 5.86. The quantitative estimate of drug-likeness (QED) is 0.458. The molecular weight excluding hydrogens is 176 g/mol. The van der Waals surface area contributed by atoms with Gasteiger partial charge in [-0.25, -0.2) is 0 Å². The van der Waals surface area contributed by atoms with Crippen molar-refractivity contribution in [3.05, 3.63) is 12.7 Å². The minimum absolute atomic E-state index is 0.0902. The predicted molar refractivity (Wildman–Crippen MR) is 60.2 cm³/mol. The Morgan fingerprint density at radius 1 is 1.36 bits per heavy atom. The number of nitrogens with one attached hydrogen (secondary N) is 2. The Morgan fingerprint density at radius 2 is 2.00 bits per heavy atom. The van der Waals surface area contributed by atoms with Crippen molar-refractivity contribution >= 4 is 5.91 Å². The summed E-state index contributed by atoms with van der Waals surface area (Å²) in [4.78, 5) is 10.8. The van der Waals surface area contributed by atoms with Gasteiger partial charge in [0.15, 0.2) is 0 Å². The van der Waals surface area contributed by atoms with E-state index in [1.54, 1.807) is 0 Å². The number of amides is 1. The standard InChI is InChI=1S/C11H22N2O/c1-4-10(5-2)12-8-7-9-13-11(14)6-3/h6,10,12H,3-5,7-9H2,1-2H3,(H,13,14). The number of carbonyl (C=O) groups is 1. The molecule has 0 saturated heterocycles. The van der Waals surface area contributed by atoms with Gasteiger partial charge < -0.3 is 10.6 Å². The fraction of sp³-hybridized carbons (Fsp3) is 0.727. The zero-order chi connectivity index (χ0) is 10.8. The molecule has 2 N–H and O–H groups in total. The molecule has 0 aromatic rings. The molecule has 0 fully saturated rings. The molecule has 14 heavy (non-hydrogen) atoms. The molecule has 0 radical (unpaired) electrons. The van der Waals surface area contributed by atoms with E-state index in [0.717, 1.165) is 32.4 Å². The average molecular weight is 198 g/mol. The number of hydrogen-bond donors (Lipinski definition) is 2. The third-order valence-corrected chi connectivity index (χ3v) is 2.26. The molecule has 0 aliphatic heterocycles. The van der Waals surface area contributed by atoms with Crippen molar-refractivity contribution in [2.75, 3.05) is 13.1 Å². The summed E-state index contributed by atoms with van der Waals surface area (Å²) < 4.78 is 0. The zero-order valence-electron chi connectivity index (χ0n) is 9.31. The molecule has 0 rings (SSSR count). The van der Waals surface area contributed by atoms with Gasteiger partial charge in [0.05, 0.1) is 0 Å². The fourth-order valence-corrected chi connectivity index (χ4v) is 1.26. The molecule has 0 aliphatic rings. The summed E-state index contributed by atoms with van der Waals surface area (Å²) in [7, 11) is 0. The first-order chi connectivity index (χ1) is 6.74. The van der Waals surface area contributed by atoms with Crippen LogP contribution in [0.1, 0.15) is 33.1 Å². The van der Waals surface area contributed by atoms with E-state index in [9.17, 15) is 4.79 Å². The van der Waals surface area contributed by atoms with Gasteiger partial charge >= 0.3 is 0 Å². The minimum Gasteiger partial charge on any atom is -0.353 e. The number of carbonyl (C=O) groups excluding carboxylic acids is 1. The minimum atomic E-state index is -0.0902. The van der Waals surface area contributed by atoms with Crippen molar-refractivity contribution in [1.82, 2.24) is 10.6 Å². The van der Waals surface area contributed by atoms with Crippen LogP contribution in [0, 0.1) is 0 Å². The van der Waals surface area contributed by atoms with Gasteiger partial charge in [-0.15, -0.1) is 0 Å². The van der Waals surface area contributed by atoms with Gasteiger partial charge in [0.2, 0.25) is 5.91 Å². The maximum Gasteiger partial charge on any atom is 0.243 e. The lowest BCUT2D eigenvalue weighted by atomic mass is 10.2. The maximum absolute atomic E-state index is 10.8. The van der Waals surface area contributed by atoms with Crippen LogP contribution < -0.4 is 10.6 Å². The van der Waals surface area contributed by atoms with Crippen LogP contribution in [0.2, 0.25) is 0 Å². The molecule has 0 bridgehead atoms. The third kappa shape index (κ3) is 6.66. The third-order valence-electron chi connectivity index (χ3n) is 2.26. The molecule has 0 saturated carbocycles. The number of rotatable bonds is 8. The van der Waals surface area contributed by atoms with Crippen LogP contribution in [0.4, 0.5) is 0 Å². The molecular formula is C11H22N2O. The number of hydrogen-bond acceptors (Lipinski definition) is 2. The van der Waals surface area contributed by atoms with Gasteiger partial charge in [0, 0.05) is 12.6 Å². The summed E-state index contributed by atoms with van der Waals surface area (Å²) in [6.45, 7) is 9.43. The first-order valence-electron chi connectivity index (χ1n) is 5.38. The van der Waals surface area contributed by atoms with Crippen molar-refractivity contribution < 1.29 is 4.79 Å². The fourth-order valence-electron chi connectivity index (χ4n) is 1.26. The van der Waals surface area contributed by atoms with E-state index >= 15 is 0 Å². The highest BCUT2D eigenvalue weighted by atomic mass is 16.1. The van der Waals surface area contributed by atoms with E-state index in [0.29, 0.717) is 6.04 Å². The van der Waals surface area contributed by atoms with E-state index in [2.05, 4.69) is 31.1 Å². The zero-order valence-corrected chi connectivity index (χ0v) is 9.31. The van der Waals surface area contributed by atoms with Gasteiger partial charge in [-0.2, -0.15) is 0 Å². The SMILES string of the molecule is C=CC(=O)NCCCNC(CC)CC. The Hall–Kier alpha value is -0.830. The monoisotopic (exact) mass is 198 g/mol. The van der Waals surface area contributed by atoms with Gasteiger partial charge in [-0.1, -0.05) is 20.4 Å². The van der Waals surface area contributed by atoms with Gasteiger partial charge in [0.25, 0.3) is 0 Å². The van der Waals surface area contributed by atoms with E-state index in [-0.39, 0.29) is 5.91 Å². The Labute approximate surface area is 87.0 Å². The molecule has 0 spiro atoms. The largest absolute Gasteiger partial charge is 0.353 e. The van der Waals surface area contributed by atoms with Crippen LogP contribution >= 0.6 is 0 Å². The molecule has 3 nitrogen and oxygen atoms in total. The smallest absolute Gasteiger partial charge is 0.243 e. The Morgan fingerprint density at radius 3 is 2.50 bits per heavy atom. The second kappa shape index (κ2) is 8.75. The highest BCUT2D eigenvalue weighted by Crippen LogP contribution is 1.95. The summed E-state index contributed by atoms with van der Waals surface area (Å²) >= 11 is 0. The normalized spacial score (nSPS) is 10.2. The van der Waals surface area contributed by atoms with Crippen molar-refractivity contribution in [3.8, 4) is 0 Å². The van der Waals surface area contributed by atoms with Crippen LogP contribution in [0.3, 0.4) is 0 Å². The van der Waals surface area contributed by atoms with Gasteiger partial charge in [-0.3, -0.25) is 4.79 Å². The lowest BCUT2D eigenvalue weighted by Crippen LogP contribution is -2.31. The lowest BCUT2D eigenvalue weighted by molar-refractivity contribution is -0.116. The van der Waals surface area contributed by atoms with E-state index < -0.39 is 0 Å². The summed E-state index contributed by atoms with van der Waals surface area (Å²) in [5, 5.41) is 6.18. The topological polar surface area (TPSA) is 41.1 Å². The molecule has 0 heterocycles. The second-order valence-corrected chi connectivity index (χ2v) is 3.32. The molecule has 3 heteroatoms. The van der Waals surface area contributed by atoms with Crippen LogP contribution in [0.15, 0.2) is 12.7 Å². The average Bonchev–Trinajstić information content (AvgIpc) is 2.23. The lowest BCUT2D eigenvalue weighted by Gasteiger charge is -2.14. The molecule has 0 aromatic carbocycles. The first kappa shape index (κ1) is 13.2. The first-order valence-corrected chi connectivity index (χ1v) is 5.38. The van der Waals surface area contributed by atoms with E-state index in [1.165, 1.54) is 6.08 Å². The maximum atomic E-state index is 10.8. The Balaban J connectivity index is 3.28. The Bertz CT molecular complexity index is 165. The van der Waals surface area contributed by atoms with E-state index in [1.807, 2.05) is 0 Å². The molecule has 1 amide bonds. The molecule has 0 aliphatic carbocycles. The summed E-state index contributed by atoms with van der Waals surface area (Å²) in [6, 6.07) is 0.616. The van der Waals surface area contributed by atoms with E-state index in [4.69, 9.17) is 0 Å². The predicted octanol–water partition coefficient (Wildman–Crippen LogP) is 1.46. The molecule has 0 atom stereocenters. The summed E-state index contributed by atoms with van der Waals surface area (Å²) in [5.41, 5.74) is 0. The van der Waals surface area contributed by atoms with Crippen LogP contribution in [0.25, 0.3) is 0 Å². The van der Waals surface area contributed by atoms with Crippen LogP contribution in [-0.2, 0) is 4.79 Å². The van der Waals surface area contributed by atoms with Crippen molar-refractivity contribution in [3.63, 3.8) is 0 Å². The molecule has 0 aromatic heterocycles. The highest BCUT2D eigenvalue weighted by Gasteiger charge is 2.00. The van der Waals surface area contributed by atoms with Crippen molar-refractivity contribution in [2.45, 2.75) is 39.2 Å². The van der Waals surface area contributed by atoms with Crippen molar-refractivity contribution in [2.24, 2.45) is 0 Å². The summed E-state index contributed by atoms with van der Waals surface area (Å²) in [5.74, 6) is -0.0902. The van der Waals surface area contributed by atoms with Gasteiger partial charge in [0.1, 0.15) is 0 Å². The summed E-state index contributed by atoms with van der Waals surface area (Å²) in [6.07, 6.45) is 4.59. The Kier molecular flexibility index (Phi) is 8.24. The van der Waals surface area contributed by atoms with Crippen LogP contribution in [0.5, 0.6) is 0 Å². The van der Waals surface area contributed by atoms with Crippen molar-refractivity contribution in [1.29, 1.82) is 0 Å². The molecule has 82 valence electrons. The second-order valence-electron chi connectivity index (χ2n) is 3.32.